The molecule has 2 aromatic heterocycles. The van der Waals surface area contributed by atoms with E-state index in [1.165, 1.54) is 12.1 Å². The first-order chi connectivity index (χ1) is 14.4. The highest BCUT2D eigenvalue weighted by Gasteiger charge is 2.14. The first kappa shape index (κ1) is 19.5. The van der Waals surface area contributed by atoms with Gasteiger partial charge in [-0.05, 0) is 73.7 Å². The molecule has 0 unspecified atom stereocenters. The fraction of sp³-hybridized carbons (Fsp3) is 0.0500. The van der Waals surface area contributed by atoms with Crippen LogP contribution < -0.4 is 10.0 Å². The summed E-state index contributed by atoms with van der Waals surface area (Å²) in [6.45, 7) is 1.89. The maximum atomic E-state index is 13.0. The van der Waals surface area contributed by atoms with Gasteiger partial charge in [0.05, 0.1) is 10.6 Å². The molecule has 0 saturated heterocycles. The van der Waals surface area contributed by atoms with E-state index < -0.39 is 15.8 Å². The van der Waals surface area contributed by atoms with E-state index in [1.807, 2.05) is 13.0 Å². The van der Waals surface area contributed by atoms with Crippen molar-refractivity contribution in [2.45, 2.75) is 11.8 Å². The van der Waals surface area contributed by atoms with E-state index in [4.69, 9.17) is 0 Å². The molecule has 0 amide bonds. The van der Waals surface area contributed by atoms with Crippen molar-refractivity contribution in [3.8, 4) is 5.82 Å². The van der Waals surface area contributed by atoms with E-state index in [9.17, 15) is 12.8 Å². The van der Waals surface area contributed by atoms with Crippen molar-refractivity contribution < 1.29 is 12.8 Å². The highest BCUT2D eigenvalue weighted by molar-refractivity contribution is 7.92. The van der Waals surface area contributed by atoms with Gasteiger partial charge in [0.2, 0.25) is 0 Å². The van der Waals surface area contributed by atoms with Crippen LogP contribution in [0.1, 0.15) is 5.69 Å². The number of anilines is 3. The molecule has 0 fully saturated rings. The van der Waals surface area contributed by atoms with E-state index in [2.05, 4.69) is 25.3 Å². The number of nitrogens with one attached hydrogen (secondary N) is 2. The second-order valence-electron chi connectivity index (χ2n) is 6.44. The lowest BCUT2D eigenvalue weighted by molar-refractivity contribution is 0.599. The number of rotatable bonds is 6. The van der Waals surface area contributed by atoms with Gasteiger partial charge in [-0.15, -0.1) is 10.2 Å². The van der Waals surface area contributed by atoms with Gasteiger partial charge in [0.15, 0.2) is 11.6 Å². The minimum atomic E-state index is -3.80. The lowest BCUT2D eigenvalue weighted by Crippen LogP contribution is -2.12. The molecule has 4 aromatic rings. The average Bonchev–Trinajstić information content (AvgIpc) is 3.16. The second-order valence-corrected chi connectivity index (χ2v) is 8.12. The quantitative estimate of drug-likeness (QED) is 0.490. The van der Waals surface area contributed by atoms with Crippen LogP contribution in [0.5, 0.6) is 0 Å². The first-order valence-electron chi connectivity index (χ1n) is 8.91. The van der Waals surface area contributed by atoms with Crippen LogP contribution in [0.3, 0.4) is 0 Å². The highest BCUT2D eigenvalue weighted by atomic mass is 32.2. The Morgan fingerprint density at radius 1 is 0.867 bits per heavy atom. The number of sulfonamides is 1. The molecule has 10 heteroatoms. The van der Waals surface area contributed by atoms with Gasteiger partial charge in [-0.1, -0.05) is 0 Å². The third kappa shape index (κ3) is 4.44. The van der Waals surface area contributed by atoms with Crippen LogP contribution in [0.15, 0.2) is 77.8 Å². The van der Waals surface area contributed by atoms with Crippen LogP contribution >= 0.6 is 0 Å². The molecule has 0 aliphatic heterocycles. The monoisotopic (exact) mass is 424 g/mol. The maximum absolute atomic E-state index is 13.0. The molecule has 30 heavy (non-hydrogen) atoms. The Bertz CT molecular complexity index is 1250. The average molecular weight is 424 g/mol. The minimum absolute atomic E-state index is 0.0196. The molecule has 0 aliphatic carbocycles. The summed E-state index contributed by atoms with van der Waals surface area (Å²) in [5, 5.41) is 15.6. The van der Waals surface area contributed by atoms with Gasteiger partial charge in [-0.3, -0.25) is 4.72 Å². The predicted octanol–water partition coefficient (Wildman–Crippen LogP) is 3.65. The molecule has 2 aromatic carbocycles. The number of hydrogen-bond donors (Lipinski definition) is 2. The van der Waals surface area contributed by atoms with Crippen molar-refractivity contribution in [2.24, 2.45) is 0 Å². The number of nitrogens with zero attached hydrogens (tertiary/aromatic N) is 4. The molecule has 2 heterocycles. The molecule has 4 rings (SSSR count). The minimum Gasteiger partial charge on any atom is -0.339 e. The van der Waals surface area contributed by atoms with Crippen molar-refractivity contribution in [3.05, 3.63) is 84.4 Å². The van der Waals surface area contributed by atoms with Gasteiger partial charge in [0.1, 0.15) is 5.82 Å². The summed E-state index contributed by atoms with van der Waals surface area (Å²) in [4.78, 5) is -0.0196. The smallest absolute Gasteiger partial charge is 0.261 e. The first-order valence-corrected chi connectivity index (χ1v) is 10.4. The molecule has 0 saturated carbocycles. The number of hydrogen-bond acceptors (Lipinski definition) is 6. The molecule has 0 spiro atoms. The number of aromatic nitrogens is 4. The fourth-order valence-corrected chi connectivity index (χ4v) is 3.71. The van der Waals surface area contributed by atoms with Gasteiger partial charge in [0, 0.05) is 17.6 Å². The predicted molar refractivity (Wildman–Crippen MR) is 111 cm³/mol. The third-order valence-electron chi connectivity index (χ3n) is 4.14. The van der Waals surface area contributed by atoms with Gasteiger partial charge in [-0.25, -0.2) is 17.5 Å². The van der Waals surface area contributed by atoms with Crippen LogP contribution in [0.4, 0.5) is 21.6 Å². The summed E-state index contributed by atoms with van der Waals surface area (Å²) >= 11 is 0. The molecule has 8 nitrogen and oxygen atoms in total. The van der Waals surface area contributed by atoms with E-state index in [-0.39, 0.29) is 4.90 Å². The molecule has 152 valence electrons. The standard InChI is InChI=1S/C20H17FN6O2S/c1-14-12-13-27(25-14)20-11-10-19(23-24-20)22-16-4-6-17(7-5-16)26-30(28,29)18-8-2-15(21)3-9-18/h2-13,26H,1H3,(H,22,23). The number of aryl methyl sites for hydroxylation is 1. The summed E-state index contributed by atoms with van der Waals surface area (Å²) in [6, 6.07) is 16.7. The Hall–Kier alpha value is -3.79. The SMILES string of the molecule is Cc1ccn(-c2ccc(Nc3ccc(NS(=O)(=O)c4ccc(F)cc4)cc3)nn2)n1. The van der Waals surface area contributed by atoms with E-state index in [0.29, 0.717) is 23.0 Å². The molecular weight excluding hydrogens is 407 g/mol. The number of halogens is 1. The van der Waals surface area contributed by atoms with Gasteiger partial charge in [0.25, 0.3) is 10.0 Å². The molecule has 0 aliphatic rings. The Labute approximate surface area is 172 Å². The zero-order valence-electron chi connectivity index (χ0n) is 15.8. The lowest BCUT2D eigenvalue weighted by Gasteiger charge is -2.10. The van der Waals surface area contributed by atoms with E-state index >= 15 is 0 Å². The van der Waals surface area contributed by atoms with Crippen molar-refractivity contribution >= 4 is 27.2 Å². The van der Waals surface area contributed by atoms with Crippen molar-refractivity contribution in [1.82, 2.24) is 20.0 Å². The van der Waals surface area contributed by atoms with Crippen molar-refractivity contribution in [2.75, 3.05) is 10.0 Å². The van der Waals surface area contributed by atoms with Crippen LogP contribution in [0, 0.1) is 12.7 Å². The van der Waals surface area contributed by atoms with Crippen LogP contribution in [0.2, 0.25) is 0 Å². The molecule has 2 N–H and O–H groups in total. The fourth-order valence-electron chi connectivity index (χ4n) is 2.65. The summed E-state index contributed by atoms with van der Waals surface area (Å²) in [7, 11) is -3.80. The van der Waals surface area contributed by atoms with Crippen LogP contribution in [-0.2, 0) is 10.0 Å². The van der Waals surface area contributed by atoms with Crippen LogP contribution in [0.25, 0.3) is 5.82 Å². The Morgan fingerprint density at radius 2 is 1.57 bits per heavy atom. The highest BCUT2D eigenvalue weighted by Crippen LogP contribution is 2.20. The largest absolute Gasteiger partial charge is 0.339 e. The van der Waals surface area contributed by atoms with Gasteiger partial charge in [-0.2, -0.15) is 5.10 Å². The molecule has 0 atom stereocenters. The maximum Gasteiger partial charge on any atom is 0.261 e. The van der Waals surface area contributed by atoms with Crippen molar-refractivity contribution in [1.29, 1.82) is 0 Å². The Morgan fingerprint density at radius 3 is 2.17 bits per heavy atom. The van der Waals surface area contributed by atoms with Gasteiger partial charge < -0.3 is 5.32 Å². The Kier molecular flexibility index (Phi) is 5.15. The van der Waals surface area contributed by atoms with Crippen LogP contribution in [-0.4, -0.2) is 28.4 Å². The summed E-state index contributed by atoms with van der Waals surface area (Å²) in [5.41, 5.74) is 1.96. The lowest BCUT2D eigenvalue weighted by atomic mass is 10.3. The zero-order valence-corrected chi connectivity index (χ0v) is 16.6. The topological polar surface area (TPSA) is 102 Å². The molecule has 0 bridgehead atoms. The Balaban J connectivity index is 1.43. The third-order valence-corrected chi connectivity index (χ3v) is 5.54. The summed E-state index contributed by atoms with van der Waals surface area (Å²) in [5.74, 6) is 0.627. The molecule has 0 radical (unpaired) electrons. The number of benzene rings is 2. The van der Waals surface area contributed by atoms with Crippen molar-refractivity contribution in [3.63, 3.8) is 0 Å². The summed E-state index contributed by atoms with van der Waals surface area (Å²) < 4.78 is 41.8. The van der Waals surface area contributed by atoms with E-state index in [1.54, 1.807) is 47.3 Å². The second kappa shape index (κ2) is 7.91. The summed E-state index contributed by atoms with van der Waals surface area (Å²) in [6.07, 6.45) is 1.80. The van der Waals surface area contributed by atoms with E-state index in [0.717, 1.165) is 17.8 Å². The molecular formula is C20H17FN6O2S. The van der Waals surface area contributed by atoms with Gasteiger partial charge >= 0.3 is 0 Å². The zero-order chi connectivity index (χ0) is 21.1. The normalized spacial score (nSPS) is 11.3.